The zero-order chi connectivity index (χ0) is 9.42. The van der Waals surface area contributed by atoms with Crippen LogP contribution in [-0.4, -0.2) is 16.5 Å². The molecule has 0 aliphatic carbocycles. The van der Waals surface area contributed by atoms with Crippen LogP contribution >= 0.6 is 0 Å². The van der Waals surface area contributed by atoms with E-state index < -0.39 is 11.6 Å². The van der Waals surface area contributed by atoms with Gasteiger partial charge in [0.15, 0.2) is 12.1 Å². The molecule has 13 heavy (non-hydrogen) atoms. The van der Waals surface area contributed by atoms with Gasteiger partial charge in [0.05, 0.1) is 5.39 Å². The highest BCUT2D eigenvalue weighted by molar-refractivity contribution is 5.95. The number of nitrogens with one attached hydrogen (secondary N) is 1. The Morgan fingerprint density at radius 2 is 2.00 bits per heavy atom. The smallest absolute Gasteiger partial charge is 0.168 e. The fraction of sp³-hybridized carbons (Fsp3) is 0. The van der Waals surface area contributed by atoms with E-state index in [1.165, 1.54) is 0 Å². The lowest BCUT2D eigenvalue weighted by molar-refractivity contribution is 0.112. The number of H-pyrrole nitrogens is 1. The van der Waals surface area contributed by atoms with Gasteiger partial charge in [-0.25, -0.2) is 8.78 Å². The Morgan fingerprint density at radius 1 is 1.31 bits per heavy atom. The van der Waals surface area contributed by atoms with Gasteiger partial charge in [-0.1, -0.05) is 0 Å². The van der Waals surface area contributed by atoms with E-state index in [1.807, 2.05) is 0 Å². The van der Waals surface area contributed by atoms with Gasteiger partial charge >= 0.3 is 0 Å². The first-order valence-corrected chi connectivity index (χ1v) is 3.51. The molecule has 2 rings (SSSR count). The molecule has 0 spiro atoms. The number of carbonyl (C=O) groups is 1. The van der Waals surface area contributed by atoms with Crippen LogP contribution in [0.5, 0.6) is 0 Å². The zero-order valence-corrected chi connectivity index (χ0v) is 6.34. The van der Waals surface area contributed by atoms with Crippen molar-refractivity contribution in [1.29, 1.82) is 0 Å². The molecule has 66 valence electrons. The summed E-state index contributed by atoms with van der Waals surface area (Å²) in [5.41, 5.74) is -0.200. The third-order valence-corrected chi connectivity index (χ3v) is 1.75. The van der Waals surface area contributed by atoms with Gasteiger partial charge < -0.3 is 0 Å². The lowest BCUT2D eigenvalue weighted by atomic mass is 10.2. The predicted molar refractivity (Wildman–Crippen MR) is 41.4 cm³/mol. The number of benzene rings is 1. The van der Waals surface area contributed by atoms with Crippen LogP contribution in [0.25, 0.3) is 10.9 Å². The lowest BCUT2D eigenvalue weighted by Gasteiger charge is -1.92. The Morgan fingerprint density at radius 3 is 2.69 bits per heavy atom. The number of aldehydes is 1. The van der Waals surface area contributed by atoms with Crippen LogP contribution in [0.1, 0.15) is 10.5 Å². The molecule has 0 aliphatic rings. The summed E-state index contributed by atoms with van der Waals surface area (Å²) in [5.74, 6) is -1.31. The first-order valence-electron chi connectivity index (χ1n) is 3.51. The van der Waals surface area contributed by atoms with Crippen LogP contribution < -0.4 is 0 Å². The maximum atomic E-state index is 13.1. The van der Waals surface area contributed by atoms with Crippen molar-refractivity contribution >= 4 is 17.2 Å². The van der Waals surface area contributed by atoms with Crippen molar-refractivity contribution in [3.63, 3.8) is 0 Å². The third-order valence-electron chi connectivity index (χ3n) is 1.75. The summed E-state index contributed by atoms with van der Waals surface area (Å²) in [5, 5.41) is 5.62. The number of hydrogen-bond acceptors (Lipinski definition) is 2. The Bertz CT molecular complexity index is 478. The molecule has 1 heterocycles. The minimum Gasteiger partial charge on any atom is -0.296 e. The molecular weight excluding hydrogens is 178 g/mol. The molecule has 0 radical (unpaired) electrons. The number of nitrogens with zero attached hydrogens (tertiary/aromatic N) is 1. The molecule has 0 saturated heterocycles. The molecular formula is C8H4F2N2O. The van der Waals surface area contributed by atoms with Gasteiger partial charge in [0.25, 0.3) is 0 Å². The Labute approximate surface area is 71.4 Å². The molecule has 0 unspecified atom stereocenters. The van der Waals surface area contributed by atoms with Gasteiger partial charge in [-0.05, 0) is 12.1 Å². The normalized spacial score (nSPS) is 10.6. The van der Waals surface area contributed by atoms with Crippen molar-refractivity contribution < 1.29 is 13.6 Å². The molecule has 1 N–H and O–H groups in total. The first kappa shape index (κ1) is 7.85. The van der Waals surface area contributed by atoms with Gasteiger partial charge in [0.2, 0.25) is 0 Å². The van der Waals surface area contributed by atoms with E-state index in [-0.39, 0.29) is 16.6 Å². The summed E-state index contributed by atoms with van der Waals surface area (Å²) >= 11 is 0. The number of halogens is 2. The summed E-state index contributed by atoms with van der Waals surface area (Å²) in [4.78, 5) is 10.4. The molecule has 5 heteroatoms. The summed E-state index contributed by atoms with van der Waals surface area (Å²) < 4.78 is 26.0. The molecule has 0 aliphatic heterocycles. The first-order chi connectivity index (χ1) is 6.24. The second kappa shape index (κ2) is 2.62. The highest BCUT2D eigenvalue weighted by Gasteiger charge is 2.12. The second-order valence-corrected chi connectivity index (χ2v) is 2.51. The van der Waals surface area contributed by atoms with Gasteiger partial charge in [-0.15, -0.1) is 0 Å². The number of aromatic amines is 1. The van der Waals surface area contributed by atoms with Crippen LogP contribution in [0.15, 0.2) is 12.1 Å². The van der Waals surface area contributed by atoms with Crippen LogP contribution in [0, 0.1) is 11.6 Å². The van der Waals surface area contributed by atoms with Crippen molar-refractivity contribution in [2.24, 2.45) is 0 Å². The number of aromatic nitrogens is 2. The minimum absolute atomic E-state index is 0.0491. The van der Waals surface area contributed by atoms with E-state index in [0.29, 0.717) is 6.29 Å². The lowest BCUT2D eigenvalue weighted by Crippen LogP contribution is -1.84. The maximum Gasteiger partial charge on any atom is 0.168 e. The van der Waals surface area contributed by atoms with Gasteiger partial charge in [-0.2, -0.15) is 5.10 Å². The van der Waals surface area contributed by atoms with E-state index in [2.05, 4.69) is 10.2 Å². The predicted octanol–water partition coefficient (Wildman–Crippen LogP) is 1.65. The third kappa shape index (κ3) is 1.00. The van der Waals surface area contributed by atoms with Crippen molar-refractivity contribution in [2.75, 3.05) is 0 Å². The number of hydrogen-bond donors (Lipinski definition) is 1. The Kier molecular flexibility index (Phi) is 1.58. The van der Waals surface area contributed by atoms with Gasteiger partial charge in [-0.3, -0.25) is 9.89 Å². The van der Waals surface area contributed by atoms with Crippen LogP contribution in [0.2, 0.25) is 0 Å². The molecule has 0 fully saturated rings. The quantitative estimate of drug-likeness (QED) is 0.681. The average Bonchev–Trinajstić information content (AvgIpc) is 2.56. The number of rotatable bonds is 1. The maximum absolute atomic E-state index is 13.1. The molecule has 0 saturated carbocycles. The van der Waals surface area contributed by atoms with Crippen LogP contribution in [0.4, 0.5) is 8.78 Å². The summed E-state index contributed by atoms with van der Waals surface area (Å²) in [6, 6.07) is 1.92. The molecule has 1 aromatic carbocycles. The van der Waals surface area contributed by atoms with E-state index in [0.717, 1.165) is 12.1 Å². The summed E-state index contributed by atoms with van der Waals surface area (Å²) in [6.07, 6.45) is 0.401. The van der Waals surface area contributed by atoms with E-state index in [9.17, 15) is 13.6 Å². The second-order valence-electron chi connectivity index (χ2n) is 2.51. The topological polar surface area (TPSA) is 45.8 Å². The minimum atomic E-state index is -0.660. The van der Waals surface area contributed by atoms with Crippen LogP contribution in [0.3, 0.4) is 0 Å². The van der Waals surface area contributed by atoms with Crippen LogP contribution in [-0.2, 0) is 0 Å². The fourth-order valence-electron chi connectivity index (χ4n) is 1.16. The molecule has 1 aromatic heterocycles. The largest absolute Gasteiger partial charge is 0.296 e. The SMILES string of the molecule is O=Cc1[nH]nc2c(F)ccc(F)c12. The molecule has 0 atom stereocenters. The standard InChI is InChI=1S/C8H4F2N2O/c9-4-1-2-5(10)8-7(4)6(3-13)11-12-8/h1-3H,(H,11,12). The Hall–Kier alpha value is -1.78. The van der Waals surface area contributed by atoms with Gasteiger partial charge in [0.1, 0.15) is 17.0 Å². The molecule has 0 bridgehead atoms. The van der Waals surface area contributed by atoms with E-state index in [4.69, 9.17) is 0 Å². The monoisotopic (exact) mass is 182 g/mol. The van der Waals surface area contributed by atoms with Crippen molar-refractivity contribution in [3.8, 4) is 0 Å². The van der Waals surface area contributed by atoms with Crippen molar-refractivity contribution in [3.05, 3.63) is 29.5 Å². The van der Waals surface area contributed by atoms with Crippen molar-refractivity contribution in [1.82, 2.24) is 10.2 Å². The fourth-order valence-corrected chi connectivity index (χ4v) is 1.16. The zero-order valence-electron chi connectivity index (χ0n) is 6.34. The average molecular weight is 182 g/mol. The van der Waals surface area contributed by atoms with E-state index >= 15 is 0 Å². The summed E-state index contributed by atoms with van der Waals surface area (Å²) in [7, 11) is 0. The molecule has 0 amide bonds. The van der Waals surface area contributed by atoms with Crippen molar-refractivity contribution in [2.45, 2.75) is 0 Å². The highest BCUT2D eigenvalue weighted by Crippen LogP contribution is 2.20. The van der Waals surface area contributed by atoms with E-state index in [1.54, 1.807) is 0 Å². The molecule has 2 aromatic rings. The highest BCUT2D eigenvalue weighted by atomic mass is 19.1. The van der Waals surface area contributed by atoms with Gasteiger partial charge in [0, 0.05) is 0 Å². The number of carbonyl (C=O) groups excluding carboxylic acids is 1. The Balaban J connectivity index is 2.95. The number of fused-ring (bicyclic) bond motifs is 1. The summed E-state index contributed by atoms with van der Waals surface area (Å²) in [6.45, 7) is 0. The molecule has 3 nitrogen and oxygen atoms in total.